The highest BCUT2D eigenvalue weighted by atomic mass is 16.5. The number of hydrazone groups is 1. The van der Waals surface area contributed by atoms with E-state index in [1.165, 1.54) is 6.21 Å². The van der Waals surface area contributed by atoms with E-state index >= 15 is 0 Å². The van der Waals surface area contributed by atoms with E-state index < -0.39 is 0 Å². The molecule has 0 aliphatic carbocycles. The van der Waals surface area contributed by atoms with Gasteiger partial charge in [0.25, 0.3) is 0 Å². The predicted molar refractivity (Wildman–Crippen MR) is 107 cm³/mol. The van der Waals surface area contributed by atoms with Gasteiger partial charge in [0.1, 0.15) is 12.4 Å². The molecule has 0 atom stereocenters. The van der Waals surface area contributed by atoms with Crippen molar-refractivity contribution in [2.45, 2.75) is 19.8 Å². The third-order valence-corrected chi connectivity index (χ3v) is 3.67. The molecule has 140 valence electrons. The monoisotopic (exact) mass is 365 g/mol. The topological polar surface area (TPSA) is 79.8 Å². The molecule has 0 unspecified atom stereocenters. The maximum Gasteiger partial charge on any atom is 0.240 e. The number of ether oxygens (including phenoxy) is 1. The van der Waals surface area contributed by atoms with Crippen molar-refractivity contribution < 1.29 is 14.3 Å². The van der Waals surface area contributed by atoms with Crippen molar-refractivity contribution in [3.05, 3.63) is 72.3 Å². The predicted octanol–water partition coefficient (Wildman–Crippen LogP) is 3.43. The SMILES string of the molecule is C=CCOc1ccccc1C=NNC(=O)CCC(=O)Nc1ccccc1C. The number of nitrogens with zero attached hydrogens (tertiary/aromatic N) is 1. The fourth-order valence-corrected chi connectivity index (χ4v) is 2.25. The van der Waals surface area contributed by atoms with Crippen LogP contribution < -0.4 is 15.5 Å². The number of rotatable bonds is 9. The second-order valence-corrected chi connectivity index (χ2v) is 5.79. The van der Waals surface area contributed by atoms with E-state index in [4.69, 9.17) is 4.74 Å². The molecule has 0 heterocycles. The molecule has 0 aromatic heterocycles. The normalized spacial score (nSPS) is 10.4. The Morgan fingerprint density at radius 3 is 2.56 bits per heavy atom. The Balaban J connectivity index is 1.79. The lowest BCUT2D eigenvalue weighted by atomic mass is 10.2. The van der Waals surface area contributed by atoms with Gasteiger partial charge in [0, 0.05) is 24.1 Å². The highest BCUT2D eigenvalue weighted by Crippen LogP contribution is 2.16. The van der Waals surface area contributed by atoms with Crippen LogP contribution in [0, 0.1) is 6.92 Å². The minimum atomic E-state index is -0.337. The van der Waals surface area contributed by atoms with E-state index in [-0.39, 0.29) is 24.7 Å². The Morgan fingerprint density at radius 1 is 1.07 bits per heavy atom. The van der Waals surface area contributed by atoms with Crippen LogP contribution in [0.1, 0.15) is 24.0 Å². The molecule has 0 radical (unpaired) electrons. The molecule has 6 nitrogen and oxygen atoms in total. The lowest BCUT2D eigenvalue weighted by molar-refractivity contribution is -0.124. The minimum absolute atomic E-state index is 0.0453. The fourth-order valence-electron chi connectivity index (χ4n) is 2.25. The molecule has 0 saturated carbocycles. The van der Waals surface area contributed by atoms with Crippen LogP contribution in [0.3, 0.4) is 0 Å². The lowest BCUT2D eigenvalue weighted by Crippen LogP contribution is -2.20. The lowest BCUT2D eigenvalue weighted by Gasteiger charge is -2.07. The number of hydrogen-bond acceptors (Lipinski definition) is 4. The summed E-state index contributed by atoms with van der Waals surface area (Å²) in [6.07, 6.45) is 3.28. The van der Waals surface area contributed by atoms with Gasteiger partial charge in [0.2, 0.25) is 11.8 Å². The molecule has 2 rings (SSSR count). The van der Waals surface area contributed by atoms with Crippen LogP contribution in [0.15, 0.2) is 66.3 Å². The van der Waals surface area contributed by atoms with Crippen molar-refractivity contribution in [1.82, 2.24) is 5.43 Å². The number of carbonyl (C=O) groups is 2. The van der Waals surface area contributed by atoms with Gasteiger partial charge in [-0.2, -0.15) is 5.10 Å². The Hall–Kier alpha value is -3.41. The number of carbonyl (C=O) groups excluding carboxylic acids is 2. The number of amides is 2. The third kappa shape index (κ3) is 6.78. The summed E-state index contributed by atoms with van der Waals surface area (Å²) in [5, 5.41) is 6.72. The fraction of sp³-hybridized carbons (Fsp3) is 0.190. The van der Waals surface area contributed by atoms with Crippen molar-refractivity contribution in [3.63, 3.8) is 0 Å². The Bertz CT molecular complexity index is 831. The van der Waals surface area contributed by atoms with Crippen molar-refractivity contribution in [2.75, 3.05) is 11.9 Å². The van der Waals surface area contributed by atoms with Crippen molar-refractivity contribution in [3.8, 4) is 5.75 Å². The van der Waals surface area contributed by atoms with E-state index in [0.717, 1.165) is 16.8 Å². The minimum Gasteiger partial charge on any atom is -0.489 e. The van der Waals surface area contributed by atoms with Gasteiger partial charge in [-0.15, -0.1) is 0 Å². The van der Waals surface area contributed by atoms with Gasteiger partial charge in [-0.25, -0.2) is 5.43 Å². The van der Waals surface area contributed by atoms with Crippen LogP contribution in [0.5, 0.6) is 5.75 Å². The zero-order valence-corrected chi connectivity index (χ0v) is 15.3. The standard InChI is InChI=1S/C21H23N3O3/c1-3-14-27-19-11-7-5-9-17(19)15-22-24-21(26)13-12-20(25)23-18-10-6-4-8-16(18)2/h3-11,15H,1,12-14H2,2H3,(H,23,25)(H,24,26). The average Bonchev–Trinajstić information content (AvgIpc) is 2.67. The second kappa shape index (κ2) is 10.6. The summed E-state index contributed by atoms with van der Waals surface area (Å²) in [4.78, 5) is 23.8. The summed E-state index contributed by atoms with van der Waals surface area (Å²) in [5.41, 5.74) is 4.87. The van der Waals surface area contributed by atoms with Crippen LogP contribution >= 0.6 is 0 Å². The highest BCUT2D eigenvalue weighted by Gasteiger charge is 2.08. The molecule has 0 saturated heterocycles. The molecule has 27 heavy (non-hydrogen) atoms. The van der Waals surface area contributed by atoms with Crippen molar-refractivity contribution in [2.24, 2.45) is 5.10 Å². The average molecular weight is 365 g/mol. The molecule has 0 fully saturated rings. The molecule has 2 aromatic carbocycles. The first kappa shape index (κ1) is 19.9. The molecular weight excluding hydrogens is 342 g/mol. The largest absolute Gasteiger partial charge is 0.489 e. The zero-order chi connectivity index (χ0) is 19.5. The molecule has 0 aliphatic rings. The Labute approximate surface area is 158 Å². The van der Waals surface area contributed by atoms with Crippen LogP contribution in [-0.2, 0) is 9.59 Å². The maximum atomic E-state index is 12.0. The summed E-state index contributed by atoms with van der Waals surface area (Å²) < 4.78 is 5.51. The van der Waals surface area contributed by atoms with E-state index in [1.54, 1.807) is 6.08 Å². The second-order valence-electron chi connectivity index (χ2n) is 5.79. The van der Waals surface area contributed by atoms with Crippen LogP contribution in [0.25, 0.3) is 0 Å². The molecule has 2 aromatic rings. The molecule has 0 bridgehead atoms. The zero-order valence-electron chi connectivity index (χ0n) is 15.3. The number of benzene rings is 2. The third-order valence-electron chi connectivity index (χ3n) is 3.67. The van der Waals surface area contributed by atoms with Crippen molar-refractivity contribution >= 4 is 23.7 Å². The van der Waals surface area contributed by atoms with Gasteiger partial charge in [-0.1, -0.05) is 43.0 Å². The maximum absolute atomic E-state index is 12.0. The summed E-state index contributed by atoms with van der Waals surface area (Å²) >= 11 is 0. The van der Waals surface area contributed by atoms with Gasteiger partial charge in [0.15, 0.2) is 0 Å². The Morgan fingerprint density at radius 2 is 1.78 bits per heavy atom. The number of para-hydroxylation sites is 2. The first-order valence-electron chi connectivity index (χ1n) is 8.60. The van der Waals surface area contributed by atoms with Gasteiger partial charge in [-0.3, -0.25) is 9.59 Å². The molecular formula is C21H23N3O3. The van der Waals surface area contributed by atoms with Gasteiger partial charge in [0.05, 0.1) is 6.21 Å². The Kier molecular flexibility index (Phi) is 7.78. The van der Waals surface area contributed by atoms with Gasteiger partial charge >= 0.3 is 0 Å². The summed E-state index contributed by atoms with van der Waals surface area (Å²) in [7, 11) is 0. The van der Waals surface area contributed by atoms with Crippen molar-refractivity contribution in [1.29, 1.82) is 0 Å². The summed E-state index contributed by atoms with van der Waals surface area (Å²) in [6.45, 7) is 5.90. The number of hydrogen-bond donors (Lipinski definition) is 2. The van der Waals surface area contributed by atoms with E-state index in [1.807, 2.05) is 55.5 Å². The first-order chi connectivity index (χ1) is 13.1. The van der Waals surface area contributed by atoms with Crippen LogP contribution in [0.2, 0.25) is 0 Å². The van der Waals surface area contributed by atoms with E-state index in [2.05, 4.69) is 22.4 Å². The van der Waals surface area contributed by atoms with Crippen LogP contribution in [-0.4, -0.2) is 24.6 Å². The number of aryl methyl sites for hydroxylation is 1. The molecule has 2 amide bonds. The molecule has 0 aliphatic heterocycles. The molecule has 0 spiro atoms. The van der Waals surface area contributed by atoms with Gasteiger partial charge in [-0.05, 0) is 30.7 Å². The number of anilines is 1. The molecule has 2 N–H and O–H groups in total. The first-order valence-corrected chi connectivity index (χ1v) is 8.60. The van der Waals surface area contributed by atoms with E-state index in [0.29, 0.717) is 12.4 Å². The summed E-state index contributed by atoms with van der Waals surface area (Å²) in [5.74, 6) is 0.0929. The van der Waals surface area contributed by atoms with Gasteiger partial charge < -0.3 is 10.1 Å². The number of nitrogens with one attached hydrogen (secondary N) is 2. The summed E-state index contributed by atoms with van der Waals surface area (Å²) in [6, 6.07) is 14.8. The quantitative estimate of drug-likeness (QED) is 0.406. The van der Waals surface area contributed by atoms with E-state index in [9.17, 15) is 9.59 Å². The smallest absolute Gasteiger partial charge is 0.240 e. The molecule has 6 heteroatoms. The van der Waals surface area contributed by atoms with Crippen LogP contribution in [0.4, 0.5) is 5.69 Å². The highest BCUT2D eigenvalue weighted by molar-refractivity contribution is 5.94.